The molecule has 0 aliphatic heterocycles. The van der Waals surface area contributed by atoms with Crippen molar-refractivity contribution in [3.63, 3.8) is 0 Å². The molecule has 154 valence electrons. The highest BCUT2D eigenvalue weighted by molar-refractivity contribution is 5.96. The highest BCUT2D eigenvalue weighted by atomic mass is 16.1. The van der Waals surface area contributed by atoms with Crippen LogP contribution in [0, 0.1) is 0 Å². The number of carbonyl (C=O) groups is 1. The Balaban J connectivity index is 1.60. The Hall–Kier alpha value is -3.66. The Labute approximate surface area is 173 Å². The van der Waals surface area contributed by atoms with E-state index in [9.17, 15) is 4.79 Å². The third kappa shape index (κ3) is 4.49. The number of aromatic nitrogens is 5. The molecule has 10 nitrogen and oxygen atoms in total. The van der Waals surface area contributed by atoms with Gasteiger partial charge in [0, 0.05) is 36.2 Å². The molecule has 0 spiro atoms. The quantitative estimate of drug-likeness (QED) is 0.480. The van der Waals surface area contributed by atoms with Crippen molar-refractivity contribution in [1.29, 1.82) is 0 Å². The fraction of sp³-hybridized carbons (Fsp3) is 0.300. The number of amides is 1. The molecule has 1 amide bonds. The Morgan fingerprint density at radius 2 is 1.87 bits per heavy atom. The molecule has 10 heteroatoms. The van der Waals surface area contributed by atoms with Crippen LogP contribution in [0.25, 0.3) is 11.4 Å². The zero-order valence-electron chi connectivity index (χ0n) is 16.3. The number of rotatable bonds is 6. The van der Waals surface area contributed by atoms with Gasteiger partial charge in [-0.3, -0.25) is 9.78 Å². The predicted octanol–water partition coefficient (Wildman–Crippen LogP) is 1.85. The molecule has 3 aromatic heterocycles. The largest absolute Gasteiger partial charge is 0.364 e. The number of pyridine rings is 1. The molecule has 1 fully saturated rings. The van der Waals surface area contributed by atoms with Crippen molar-refractivity contribution in [1.82, 2.24) is 24.9 Å². The van der Waals surface area contributed by atoms with Crippen LogP contribution in [0.3, 0.4) is 0 Å². The van der Waals surface area contributed by atoms with Crippen LogP contribution in [-0.4, -0.2) is 42.9 Å². The number of nitrogens with one attached hydrogen (secondary N) is 2. The minimum absolute atomic E-state index is 0.0369. The number of hydrogen-bond donors (Lipinski definition) is 4. The first-order valence-electron chi connectivity index (χ1n) is 9.78. The minimum atomic E-state index is -0.679. The van der Waals surface area contributed by atoms with E-state index in [2.05, 4.69) is 35.6 Å². The summed E-state index contributed by atoms with van der Waals surface area (Å²) < 4.78 is 0. The van der Waals surface area contributed by atoms with Gasteiger partial charge in [0.1, 0.15) is 5.82 Å². The Bertz CT molecular complexity index is 1030. The summed E-state index contributed by atoms with van der Waals surface area (Å²) in [6.45, 7) is 0. The van der Waals surface area contributed by atoms with Gasteiger partial charge in [0.05, 0.1) is 18.1 Å². The van der Waals surface area contributed by atoms with Crippen LogP contribution in [0.15, 0.2) is 43.1 Å². The lowest BCUT2D eigenvalue weighted by Crippen LogP contribution is -2.42. The summed E-state index contributed by atoms with van der Waals surface area (Å²) in [5.41, 5.74) is 13.1. The zero-order chi connectivity index (χ0) is 20.9. The van der Waals surface area contributed by atoms with Crippen molar-refractivity contribution in [2.24, 2.45) is 11.5 Å². The van der Waals surface area contributed by atoms with E-state index >= 15 is 0 Å². The van der Waals surface area contributed by atoms with Crippen LogP contribution >= 0.6 is 0 Å². The maximum Gasteiger partial charge on any atom is 0.271 e. The number of carbonyl (C=O) groups excluding carboxylic acids is 1. The molecule has 0 saturated heterocycles. The maximum atomic E-state index is 11.9. The van der Waals surface area contributed by atoms with Crippen molar-refractivity contribution in [2.75, 3.05) is 10.6 Å². The van der Waals surface area contributed by atoms with Crippen LogP contribution in [0.5, 0.6) is 0 Å². The lowest BCUT2D eigenvalue weighted by atomic mass is 9.91. The average molecular weight is 405 g/mol. The van der Waals surface area contributed by atoms with Gasteiger partial charge in [-0.2, -0.15) is 0 Å². The van der Waals surface area contributed by atoms with Gasteiger partial charge in [-0.15, -0.1) is 0 Å². The van der Waals surface area contributed by atoms with E-state index in [1.165, 1.54) is 6.20 Å². The number of anilines is 3. The van der Waals surface area contributed by atoms with Gasteiger partial charge in [0.25, 0.3) is 5.91 Å². The molecule has 4 rings (SSSR count). The summed E-state index contributed by atoms with van der Waals surface area (Å²) in [4.78, 5) is 33.2. The monoisotopic (exact) mass is 405 g/mol. The van der Waals surface area contributed by atoms with E-state index in [1.54, 1.807) is 30.9 Å². The van der Waals surface area contributed by atoms with Crippen molar-refractivity contribution in [3.05, 3.63) is 48.8 Å². The standard InChI is InChI=1S/C20H23N9O/c21-14-4-1-2-5-15(14)28-16-11-26-17(18(22)30)20(29-16)27-13-8-12(9-23-10-13)19-24-6-3-7-25-19/h3,6-11,14-15H,1-2,4-5,21H2,(H2,22,30)(H2,27,28,29)/t14-,15+/m0/s1. The number of primary amides is 1. The second kappa shape index (κ2) is 8.78. The van der Waals surface area contributed by atoms with Crippen molar-refractivity contribution in [3.8, 4) is 11.4 Å². The van der Waals surface area contributed by atoms with E-state index in [0.29, 0.717) is 17.3 Å². The van der Waals surface area contributed by atoms with E-state index < -0.39 is 5.91 Å². The lowest BCUT2D eigenvalue weighted by molar-refractivity contribution is 0.0996. The molecule has 30 heavy (non-hydrogen) atoms. The zero-order valence-corrected chi connectivity index (χ0v) is 16.3. The van der Waals surface area contributed by atoms with Gasteiger partial charge in [-0.05, 0) is 25.0 Å². The number of nitrogens with zero attached hydrogens (tertiary/aromatic N) is 5. The van der Waals surface area contributed by atoms with E-state index in [4.69, 9.17) is 11.5 Å². The van der Waals surface area contributed by atoms with Gasteiger partial charge >= 0.3 is 0 Å². The molecule has 0 aromatic carbocycles. The predicted molar refractivity (Wildman–Crippen MR) is 113 cm³/mol. The fourth-order valence-electron chi connectivity index (χ4n) is 3.47. The van der Waals surface area contributed by atoms with Crippen molar-refractivity contribution < 1.29 is 4.79 Å². The van der Waals surface area contributed by atoms with Crippen LogP contribution < -0.4 is 22.1 Å². The first-order valence-corrected chi connectivity index (χ1v) is 9.78. The van der Waals surface area contributed by atoms with Crippen LogP contribution in [0.4, 0.5) is 17.3 Å². The minimum Gasteiger partial charge on any atom is -0.364 e. The average Bonchev–Trinajstić information content (AvgIpc) is 2.76. The van der Waals surface area contributed by atoms with Gasteiger partial charge in [-0.1, -0.05) is 12.8 Å². The lowest BCUT2D eigenvalue weighted by Gasteiger charge is -2.29. The second-order valence-corrected chi connectivity index (χ2v) is 7.18. The molecule has 3 heterocycles. The molecular weight excluding hydrogens is 382 g/mol. The fourth-order valence-corrected chi connectivity index (χ4v) is 3.47. The van der Waals surface area contributed by atoms with Crippen LogP contribution in [0.1, 0.15) is 36.2 Å². The smallest absolute Gasteiger partial charge is 0.271 e. The number of hydrogen-bond acceptors (Lipinski definition) is 9. The van der Waals surface area contributed by atoms with Gasteiger partial charge in [-0.25, -0.2) is 19.9 Å². The molecule has 3 aromatic rings. The van der Waals surface area contributed by atoms with E-state index in [-0.39, 0.29) is 23.6 Å². The van der Waals surface area contributed by atoms with E-state index in [0.717, 1.165) is 31.2 Å². The van der Waals surface area contributed by atoms with Crippen LogP contribution in [0.2, 0.25) is 0 Å². The maximum absolute atomic E-state index is 11.9. The number of nitrogens with two attached hydrogens (primary N) is 2. The molecule has 0 unspecified atom stereocenters. The topological polar surface area (TPSA) is 158 Å². The summed E-state index contributed by atoms with van der Waals surface area (Å²) in [5.74, 6) is 0.628. The molecular formula is C20H23N9O. The second-order valence-electron chi connectivity index (χ2n) is 7.18. The third-order valence-corrected chi connectivity index (χ3v) is 4.98. The summed E-state index contributed by atoms with van der Waals surface area (Å²) in [6, 6.07) is 3.72. The van der Waals surface area contributed by atoms with Crippen molar-refractivity contribution in [2.45, 2.75) is 37.8 Å². The van der Waals surface area contributed by atoms with E-state index in [1.807, 2.05) is 6.07 Å². The van der Waals surface area contributed by atoms with Gasteiger partial charge < -0.3 is 22.1 Å². The molecule has 2 atom stereocenters. The first-order chi connectivity index (χ1) is 14.6. The summed E-state index contributed by atoms with van der Waals surface area (Å²) in [5, 5.41) is 6.42. The molecule has 1 saturated carbocycles. The molecule has 0 bridgehead atoms. The summed E-state index contributed by atoms with van der Waals surface area (Å²) in [7, 11) is 0. The third-order valence-electron chi connectivity index (χ3n) is 4.98. The first kappa shape index (κ1) is 19.6. The summed E-state index contributed by atoms with van der Waals surface area (Å²) in [6.07, 6.45) is 12.3. The van der Waals surface area contributed by atoms with Gasteiger partial charge in [0.2, 0.25) is 0 Å². The highest BCUT2D eigenvalue weighted by Gasteiger charge is 2.23. The molecule has 6 N–H and O–H groups in total. The van der Waals surface area contributed by atoms with Crippen LogP contribution in [-0.2, 0) is 0 Å². The molecule has 0 radical (unpaired) electrons. The normalized spacial score (nSPS) is 18.6. The molecule has 1 aliphatic rings. The summed E-state index contributed by atoms with van der Waals surface area (Å²) >= 11 is 0. The van der Waals surface area contributed by atoms with Gasteiger partial charge in [0.15, 0.2) is 17.3 Å². The Kier molecular flexibility index (Phi) is 5.75. The SMILES string of the molecule is NC(=O)c1ncc(N[C@@H]2CCCC[C@@H]2N)nc1Nc1cncc(-c2ncccn2)c1. The van der Waals surface area contributed by atoms with Crippen molar-refractivity contribution >= 4 is 23.2 Å². The Morgan fingerprint density at radius 1 is 1.07 bits per heavy atom. The highest BCUT2D eigenvalue weighted by Crippen LogP contribution is 2.24. The Morgan fingerprint density at radius 3 is 2.63 bits per heavy atom. The molecule has 1 aliphatic carbocycles.